The van der Waals surface area contributed by atoms with Gasteiger partial charge < -0.3 is 10.8 Å². The van der Waals surface area contributed by atoms with Crippen LogP contribution in [0.3, 0.4) is 0 Å². The van der Waals surface area contributed by atoms with Crippen LogP contribution in [0, 0.1) is 0 Å². The van der Waals surface area contributed by atoms with E-state index in [1.54, 1.807) is 30.3 Å². The highest BCUT2D eigenvalue weighted by Gasteiger charge is 2.24. The van der Waals surface area contributed by atoms with E-state index in [0.29, 0.717) is 5.69 Å². The maximum Gasteiger partial charge on any atom is 0.296 e. The highest BCUT2D eigenvalue weighted by molar-refractivity contribution is 7.86. The van der Waals surface area contributed by atoms with Crippen molar-refractivity contribution in [3.05, 3.63) is 48.5 Å². The standard InChI is InChI=1S/C16H13N3O7S2/c17-12-7-10(27(21,22)23)6-11-15(12)13(20)8-14(28(24,25)26)16(11)19-18-9-4-2-1-3-5-9/h1-8,20H,17H2,(H,21,22,23)(H,24,25,26)/b19-18+. The third-order valence-electron chi connectivity index (χ3n) is 3.75. The van der Waals surface area contributed by atoms with Crippen LogP contribution in [0.15, 0.2) is 68.6 Å². The number of fused-ring (bicyclic) bond motifs is 1. The Hall–Kier alpha value is -3.06. The van der Waals surface area contributed by atoms with Gasteiger partial charge in [0, 0.05) is 22.5 Å². The first-order chi connectivity index (χ1) is 13.0. The minimum absolute atomic E-state index is 0.123. The van der Waals surface area contributed by atoms with E-state index < -0.39 is 41.5 Å². The first-order valence-corrected chi connectivity index (χ1v) is 10.4. The summed E-state index contributed by atoms with van der Waals surface area (Å²) in [7, 11) is -9.59. The van der Waals surface area contributed by atoms with E-state index in [-0.39, 0.29) is 16.5 Å². The van der Waals surface area contributed by atoms with Crippen LogP contribution in [-0.2, 0) is 20.2 Å². The average molecular weight is 423 g/mol. The molecule has 0 heterocycles. The van der Waals surface area contributed by atoms with Crippen molar-refractivity contribution in [2.45, 2.75) is 9.79 Å². The van der Waals surface area contributed by atoms with E-state index >= 15 is 0 Å². The molecule has 3 rings (SSSR count). The Morgan fingerprint density at radius 2 is 1.50 bits per heavy atom. The molecule has 3 aromatic rings. The molecule has 0 aliphatic rings. The van der Waals surface area contributed by atoms with E-state index in [4.69, 9.17) is 5.73 Å². The molecule has 3 aromatic carbocycles. The normalized spacial score (nSPS) is 12.6. The summed E-state index contributed by atoms with van der Waals surface area (Å²) >= 11 is 0. The van der Waals surface area contributed by atoms with Crippen LogP contribution in [0.4, 0.5) is 17.1 Å². The Balaban J connectivity index is 2.45. The molecule has 5 N–H and O–H groups in total. The second kappa shape index (κ2) is 6.83. The van der Waals surface area contributed by atoms with Gasteiger partial charge in [-0.2, -0.15) is 21.9 Å². The fraction of sp³-hybridized carbons (Fsp3) is 0. The summed E-state index contributed by atoms with van der Waals surface area (Å²) in [6, 6.07) is 10.6. The maximum atomic E-state index is 11.8. The lowest BCUT2D eigenvalue weighted by Gasteiger charge is -2.12. The van der Waals surface area contributed by atoms with Crippen molar-refractivity contribution in [3.8, 4) is 5.75 Å². The molecule has 0 fully saturated rings. The maximum absolute atomic E-state index is 11.8. The summed E-state index contributed by atoms with van der Waals surface area (Å²) in [5, 5.41) is 17.5. The van der Waals surface area contributed by atoms with Gasteiger partial charge in [0.1, 0.15) is 16.3 Å². The van der Waals surface area contributed by atoms with Gasteiger partial charge in [0.05, 0.1) is 10.6 Å². The molecule has 0 radical (unpaired) electrons. The molecule has 0 aromatic heterocycles. The van der Waals surface area contributed by atoms with Crippen LogP contribution < -0.4 is 5.73 Å². The Kier molecular flexibility index (Phi) is 4.81. The zero-order valence-electron chi connectivity index (χ0n) is 13.9. The third kappa shape index (κ3) is 3.80. The van der Waals surface area contributed by atoms with Crippen LogP contribution in [0.5, 0.6) is 5.75 Å². The number of nitrogen functional groups attached to an aromatic ring is 1. The summed E-state index contributed by atoms with van der Waals surface area (Å²) in [6.07, 6.45) is 0. The topological polar surface area (TPSA) is 180 Å². The van der Waals surface area contributed by atoms with Crippen LogP contribution in [0.25, 0.3) is 10.8 Å². The smallest absolute Gasteiger partial charge is 0.296 e. The lowest BCUT2D eigenvalue weighted by atomic mass is 10.1. The monoisotopic (exact) mass is 423 g/mol. The molecule has 146 valence electrons. The van der Waals surface area contributed by atoms with E-state index in [1.165, 1.54) is 0 Å². The van der Waals surface area contributed by atoms with Crippen molar-refractivity contribution in [2.75, 3.05) is 5.73 Å². The first-order valence-electron chi connectivity index (χ1n) is 7.49. The van der Waals surface area contributed by atoms with Gasteiger partial charge >= 0.3 is 0 Å². The molecule has 0 saturated heterocycles. The Bertz CT molecular complexity index is 1310. The molecule has 0 aliphatic heterocycles. The molecule has 0 bridgehead atoms. The third-order valence-corrected chi connectivity index (χ3v) is 5.45. The highest BCUT2D eigenvalue weighted by Crippen LogP contribution is 2.43. The molecule has 10 nitrogen and oxygen atoms in total. The zero-order valence-corrected chi connectivity index (χ0v) is 15.5. The molecule has 0 amide bonds. The number of aromatic hydroxyl groups is 1. The Morgan fingerprint density at radius 1 is 0.857 bits per heavy atom. The molecule has 0 atom stereocenters. The number of hydrogen-bond donors (Lipinski definition) is 4. The van der Waals surface area contributed by atoms with Gasteiger partial charge in [-0.3, -0.25) is 9.11 Å². The van der Waals surface area contributed by atoms with Crippen molar-refractivity contribution in [3.63, 3.8) is 0 Å². The number of nitrogens with two attached hydrogens (primary N) is 1. The molecule has 0 unspecified atom stereocenters. The lowest BCUT2D eigenvalue weighted by Crippen LogP contribution is -2.03. The Labute approximate surface area is 159 Å². The zero-order chi connectivity index (χ0) is 20.7. The predicted molar refractivity (Wildman–Crippen MR) is 100 cm³/mol. The molecular weight excluding hydrogens is 410 g/mol. The van der Waals surface area contributed by atoms with Crippen LogP contribution in [0.2, 0.25) is 0 Å². The van der Waals surface area contributed by atoms with Crippen molar-refractivity contribution in [2.24, 2.45) is 10.2 Å². The minimum atomic E-state index is -4.88. The van der Waals surface area contributed by atoms with Gasteiger partial charge in [-0.25, -0.2) is 0 Å². The SMILES string of the molecule is Nc1cc(S(=O)(=O)O)cc2c(/N=N/c3ccccc3)c(S(=O)(=O)O)cc(O)c12. The average Bonchev–Trinajstić information content (AvgIpc) is 2.59. The second-order valence-corrected chi connectivity index (χ2v) is 8.47. The highest BCUT2D eigenvalue weighted by atomic mass is 32.2. The van der Waals surface area contributed by atoms with E-state index in [2.05, 4.69) is 10.2 Å². The van der Waals surface area contributed by atoms with Gasteiger partial charge in [0.25, 0.3) is 20.2 Å². The quantitative estimate of drug-likeness (QED) is 0.281. The Morgan fingerprint density at radius 3 is 2.07 bits per heavy atom. The second-order valence-electron chi connectivity index (χ2n) is 5.66. The number of phenols is 1. The van der Waals surface area contributed by atoms with E-state index in [1.807, 2.05) is 0 Å². The predicted octanol–water partition coefficient (Wildman–Crippen LogP) is 3.04. The van der Waals surface area contributed by atoms with Gasteiger partial charge in [-0.15, -0.1) is 5.11 Å². The number of hydrogen-bond acceptors (Lipinski definition) is 8. The van der Waals surface area contributed by atoms with Gasteiger partial charge in [0.15, 0.2) is 0 Å². The molecule has 0 spiro atoms. The van der Waals surface area contributed by atoms with Crippen LogP contribution in [-0.4, -0.2) is 31.0 Å². The fourth-order valence-corrected chi connectivity index (χ4v) is 3.76. The van der Waals surface area contributed by atoms with Crippen LogP contribution in [0.1, 0.15) is 0 Å². The number of rotatable bonds is 4. The lowest BCUT2D eigenvalue weighted by molar-refractivity contribution is 0.471. The van der Waals surface area contributed by atoms with E-state index in [0.717, 1.165) is 18.2 Å². The number of anilines is 1. The minimum Gasteiger partial charge on any atom is -0.507 e. The summed E-state index contributed by atoms with van der Waals surface area (Å²) in [5.74, 6) is -0.638. The number of azo groups is 1. The molecule has 0 aliphatic carbocycles. The summed E-state index contributed by atoms with van der Waals surface area (Å²) < 4.78 is 65.4. The van der Waals surface area contributed by atoms with Gasteiger partial charge in [0.2, 0.25) is 0 Å². The number of nitrogens with zero attached hydrogens (tertiary/aromatic N) is 2. The summed E-state index contributed by atoms with van der Waals surface area (Å²) in [5.41, 5.74) is 5.38. The molecule has 12 heteroatoms. The number of benzene rings is 3. The van der Waals surface area contributed by atoms with Crippen molar-refractivity contribution in [1.29, 1.82) is 0 Å². The van der Waals surface area contributed by atoms with Crippen molar-refractivity contribution < 1.29 is 31.0 Å². The van der Waals surface area contributed by atoms with Gasteiger partial charge in [-0.05, 0) is 24.3 Å². The van der Waals surface area contributed by atoms with Crippen molar-refractivity contribution >= 4 is 48.1 Å². The summed E-state index contributed by atoms with van der Waals surface area (Å²) in [6.45, 7) is 0. The van der Waals surface area contributed by atoms with Crippen LogP contribution >= 0.6 is 0 Å². The van der Waals surface area contributed by atoms with E-state index in [9.17, 15) is 31.0 Å². The molecular formula is C16H13N3O7S2. The number of phenolic OH excluding ortho intramolecular Hbond substituents is 1. The molecule has 28 heavy (non-hydrogen) atoms. The fourth-order valence-electron chi connectivity index (χ4n) is 2.56. The summed E-state index contributed by atoms with van der Waals surface area (Å²) in [4.78, 5) is -1.47. The first kappa shape index (κ1) is 19.7. The van der Waals surface area contributed by atoms with Gasteiger partial charge in [-0.1, -0.05) is 18.2 Å². The molecule has 0 saturated carbocycles. The van der Waals surface area contributed by atoms with Crippen molar-refractivity contribution in [1.82, 2.24) is 0 Å². The largest absolute Gasteiger partial charge is 0.507 e.